The maximum atomic E-state index is 12.2. The lowest BCUT2D eigenvalue weighted by Crippen LogP contribution is -2.24. The Morgan fingerprint density at radius 3 is 2.72 bits per heavy atom. The smallest absolute Gasteiger partial charge is 0.328 e. The molecule has 1 aromatic rings. The zero-order valence-electron chi connectivity index (χ0n) is 9.61. The standard InChI is InChI=1S/C12H12ClF2NO2/c1-16(7-11(14)15)10-4-2-8(6-9(10)13)3-5-12(17)18/h2-6,11H,7H2,1H3,(H,17,18)/b5-3+. The summed E-state index contributed by atoms with van der Waals surface area (Å²) in [6.45, 7) is -0.413. The van der Waals surface area contributed by atoms with E-state index in [1.54, 1.807) is 12.1 Å². The Hall–Kier alpha value is -1.62. The predicted octanol–water partition coefficient (Wildman–Crippen LogP) is 3.14. The molecule has 0 heterocycles. The summed E-state index contributed by atoms with van der Waals surface area (Å²) in [5.74, 6) is -1.06. The van der Waals surface area contributed by atoms with Crippen LogP contribution in [0.5, 0.6) is 0 Å². The minimum absolute atomic E-state index is 0.297. The van der Waals surface area contributed by atoms with Crippen molar-refractivity contribution in [2.24, 2.45) is 0 Å². The molecular formula is C12H12ClF2NO2. The molecular weight excluding hydrogens is 264 g/mol. The van der Waals surface area contributed by atoms with Gasteiger partial charge >= 0.3 is 5.97 Å². The monoisotopic (exact) mass is 275 g/mol. The van der Waals surface area contributed by atoms with Crippen molar-refractivity contribution < 1.29 is 18.7 Å². The molecule has 0 unspecified atom stereocenters. The molecule has 6 heteroatoms. The number of hydrogen-bond acceptors (Lipinski definition) is 2. The Bertz CT molecular complexity index is 463. The van der Waals surface area contributed by atoms with Gasteiger partial charge in [0.15, 0.2) is 0 Å². The Morgan fingerprint density at radius 2 is 2.22 bits per heavy atom. The fraction of sp³-hybridized carbons (Fsp3) is 0.250. The van der Waals surface area contributed by atoms with Gasteiger partial charge in [-0.3, -0.25) is 0 Å². The molecule has 0 bridgehead atoms. The molecule has 0 aromatic heterocycles. The van der Waals surface area contributed by atoms with Gasteiger partial charge < -0.3 is 10.0 Å². The van der Waals surface area contributed by atoms with Crippen LogP contribution in [0.15, 0.2) is 24.3 Å². The summed E-state index contributed by atoms with van der Waals surface area (Å²) >= 11 is 5.96. The van der Waals surface area contributed by atoms with Crippen LogP contribution in [0, 0.1) is 0 Å². The molecule has 0 spiro atoms. The molecule has 0 aliphatic rings. The van der Waals surface area contributed by atoms with Gasteiger partial charge in [0.25, 0.3) is 6.43 Å². The Labute approximate surface area is 108 Å². The minimum Gasteiger partial charge on any atom is -0.478 e. The van der Waals surface area contributed by atoms with Crippen LogP contribution in [0.3, 0.4) is 0 Å². The summed E-state index contributed by atoms with van der Waals surface area (Å²) in [5, 5.41) is 8.77. The summed E-state index contributed by atoms with van der Waals surface area (Å²) in [6.07, 6.45) is -0.0862. The highest BCUT2D eigenvalue weighted by Gasteiger charge is 2.11. The third kappa shape index (κ3) is 4.33. The van der Waals surface area contributed by atoms with Crippen molar-refractivity contribution in [3.8, 4) is 0 Å². The first-order valence-electron chi connectivity index (χ1n) is 5.10. The number of carboxylic acids is 1. The topological polar surface area (TPSA) is 40.5 Å². The molecule has 18 heavy (non-hydrogen) atoms. The van der Waals surface area contributed by atoms with Crippen molar-refractivity contribution in [2.75, 3.05) is 18.5 Å². The highest BCUT2D eigenvalue weighted by Crippen LogP contribution is 2.27. The van der Waals surface area contributed by atoms with Gasteiger partial charge in [-0.2, -0.15) is 0 Å². The van der Waals surface area contributed by atoms with E-state index >= 15 is 0 Å². The minimum atomic E-state index is -2.45. The van der Waals surface area contributed by atoms with E-state index in [2.05, 4.69) is 0 Å². The van der Waals surface area contributed by atoms with Crippen LogP contribution in [-0.2, 0) is 4.79 Å². The molecule has 0 aliphatic heterocycles. The van der Waals surface area contributed by atoms with E-state index in [-0.39, 0.29) is 0 Å². The van der Waals surface area contributed by atoms with Crippen LogP contribution >= 0.6 is 11.6 Å². The average Bonchev–Trinajstić information content (AvgIpc) is 2.25. The Balaban J connectivity index is 2.89. The largest absolute Gasteiger partial charge is 0.478 e. The number of aliphatic carboxylic acids is 1. The number of carbonyl (C=O) groups is 1. The molecule has 1 rings (SSSR count). The van der Waals surface area contributed by atoms with E-state index in [9.17, 15) is 13.6 Å². The van der Waals surface area contributed by atoms with Gasteiger partial charge in [0, 0.05) is 13.1 Å². The van der Waals surface area contributed by atoms with Crippen LogP contribution in [0.1, 0.15) is 5.56 Å². The lowest BCUT2D eigenvalue weighted by molar-refractivity contribution is -0.131. The van der Waals surface area contributed by atoms with E-state index in [1.165, 1.54) is 24.1 Å². The quantitative estimate of drug-likeness (QED) is 0.839. The first-order valence-corrected chi connectivity index (χ1v) is 5.48. The third-order valence-corrected chi connectivity index (χ3v) is 2.52. The average molecular weight is 276 g/mol. The van der Waals surface area contributed by atoms with Gasteiger partial charge in [0.05, 0.1) is 17.3 Å². The fourth-order valence-corrected chi connectivity index (χ4v) is 1.74. The SMILES string of the molecule is CN(CC(F)F)c1ccc(/C=C/C(=O)O)cc1Cl. The Morgan fingerprint density at radius 1 is 1.56 bits per heavy atom. The lowest BCUT2D eigenvalue weighted by Gasteiger charge is -2.20. The summed E-state index contributed by atoms with van der Waals surface area (Å²) < 4.78 is 24.5. The number of carboxylic acid groups (broad SMARTS) is 1. The molecule has 0 aliphatic carbocycles. The van der Waals surface area contributed by atoms with Crippen molar-refractivity contribution in [1.29, 1.82) is 0 Å². The third-order valence-electron chi connectivity index (χ3n) is 2.21. The van der Waals surface area contributed by atoms with Gasteiger partial charge in [-0.05, 0) is 23.8 Å². The maximum Gasteiger partial charge on any atom is 0.328 e. The van der Waals surface area contributed by atoms with Crippen molar-refractivity contribution in [1.82, 2.24) is 0 Å². The van der Waals surface area contributed by atoms with Crippen molar-refractivity contribution in [3.63, 3.8) is 0 Å². The van der Waals surface area contributed by atoms with Gasteiger partial charge in [-0.25, -0.2) is 13.6 Å². The second kappa shape index (κ2) is 6.35. The van der Waals surface area contributed by atoms with E-state index in [4.69, 9.17) is 16.7 Å². The highest BCUT2D eigenvalue weighted by atomic mass is 35.5. The van der Waals surface area contributed by atoms with Crippen molar-refractivity contribution >= 4 is 29.3 Å². The fourth-order valence-electron chi connectivity index (χ4n) is 1.41. The molecule has 3 nitrogen and oxygen atoms in total. The maximum absolute atomic E-state index is 12.2. The zero-order valence-corrected chi connectivity index (χ0v) is 10.4. The molecule has 0 atom stereocenters. The molecule has 0 saturated heterocycles. The van der Waals surface area contributed by atoms with Gasteiger partial charge in [-0.1, -0.05) is 17.7 Å². The van der Waals surface area contributed by atoms with Crippen molar-refractivity contribution in [2.45, 2.75) is 6.43 Å². The zero-order chi connectivity index (χ0) is 13.7. The number of rotatable bonds is 5. The molecule has 0 saturated carbocycles. The van der Waals surface area contributed by atoms with Crippen LogP contribution in [-0.4, -0.2) is 31.1 Å². The molecule has 0 fully saturated rings. The molecule has 98 valence electrons. The van der Waals surface area contributed by atoms with Crippen LogP contribution in [0.2, 0.25) is 5.02 Å². The molecule has 0 radical (unpaired) electrons. The highest BCUT2D eigenvalue weighted by molar-refractivity contribution is 6.33. The molecule has 1 N–H and O–H groups in total. The van der Waals surface area contributed by atoms with Gasteiger partial charge in [0.2, 0.25) is 0 Å². The number of alkyl halides is 2. The van der Waals surface area contributed by atoms with E-state index < -0.39 is 18.9 Å². The first kappa shape index (κ1) is 14.4. The number of nitrogens with zero attached hydrogens (tertiary/aromatic N) is 1. The van der Waals surface area contributed by atoms with E-state index in [0.29, 0.717) is 16.3 Å². The van der Waals surface area contributed by atoms with E-state index in [0.717, 1.165) is 6.08 Å². The number of benzene rings is 1. The van der Waals surface area contributed by atoms with Crippen LogP contribution in [0.4, 0.5) is 14.5 Å². The number of halogens is 3. The second-order valence-corrected chi connectivity index (χ2v) is 4.06. The van der Waals surface area contributed by atoms with Crippen molar-refractivity contribution in [3.05, 3.63) is 34.9 Å². The predicted molar refractivity (Wildman–Crippen MR) is 67.4 cm³/mol. The second-order valence-electron chi connectivity index (χ2n) is 3.65. The summed E-state index contributed by atoms with van der Waals surface area (Å²) in [6, 6.07) is 4.72. The lowest BCUT2D eigenvalue weighted by atomic mass is 10.2. The normalized spacial score (nSPS) is 11.2. The van der Waals surface area contributed by atoms with Gasteiger partial charge in [0.1, 0.15) is 0 Å². The van der Waals surface area contributed by atoms with Gasteiger partial charge in [-0.15, -0.1) is 0 Å². The summed E-state index contributed by atoms with van der Waals surface area (Å²) in [4.78, 5) is 11.7. The summed E-state index contributed by atoms with van der Waals surface area (Å²) in [5.41, 5.74) is 1.07. The van der Waals surface area contributed by atoms with E-state index in [1.807, 2.05) is 0 Å². The number of hydrogen-bond donors (Lipinski definition) is 1. The van der Waals surface area contributed by atoms with Crippen LogP contribution in [0.25, 0.3) is 6.08 Å². The Kier molecular flexibility index (Phi) is 5.09. The van der Waals surface area contributed by atoms with Crippen LogP contribution < -0.4 is 4.90 Å². The molecule has 0 amide bonds. The summed E-state index contributed by atoms with van der Waals surface area (Å²) in [7, 11) is 1.51. The first-order chi connectivity index (χ1) is 8.40. The molecule has 1 aromatic carbocycles. The number of anilines is 1.